The highest BCUT2D eigenvalue weighted by atomic mass is 16.6. The van der Waals surface area contributed by atoms with E-state index in [-0.39, 0.29) is 19.6 Å². The molecule has 2 aliphatic heterocycles. The first kappa shape index (κ1) is 20.3. The number of rotatable bonds is 2. The van der Waals surface area contributed by atoms with Gasteiger partial charge in [-0.15, -0.1) is 0 Å². The fourth-order valence-electron chi connectivity index (χ4n) is 8.50. The van der Waals surface area contributed by atoms with Gasteiger partial charge < -0.3 is 35.0 Å². The van der Waals surface area contributed by atoms with Crippen molar-refractivity contribution in [2.75, 3.05) is 20.3 Å². The van der Waals surface area contributed by atoms with Crippen LogP contribution in [-0.4, -0.2) is 81.8 Å². The molecule has 0 amide bonds. The van der Waals surface area contributed by atoms with Crippen molar-refractivity contribution in [2.45, 2.75) is 63.3 Å². The Bertz CT molecular complexity index is 740. The number of aliphatic hydroxyl groups excluding tert-OH is 4. The zero-order chi connectivity index (χ0) is 21.1. The predicted octanol–water partition coefficient (Wildman–Crippen LogP) is -0.947. The molecule has 164 valence electrons. The summed E-state index contributed by atoms with van der Waals surface area (Å²) >= 11 is 0. The Morgan fingerprint density at radius 2 is 1.83 bits per heavy atom. The molecule has 0 unspecified atom stereocenters. The molecule has 6 rings (SSSR count). The minimum absolute atomic E-state index is 0.0540. The maximum Gasteiger partial charge on any atom is 0.208 e. The van der Waals surface area contributed by atoms with Crippen LogP contribution in [0.3, 0.4) is 0 Å². The van der Waals surface area contributed by atoms with E-state index < -0.39 is 75.9 Å². The number of hydrogen-bond acceptors (Lipinski definition) is 8. The van der Waals surface area contributed by atoms with Gasteiger partial charge >= 0.3 is 0 Å². The molecule has 11 atom stereocenters. The molecule has 6 fully saturated rings. The van der Waals surface area contributed by atoms with Crippen LogP contribution in [-0.2, 0) is 14.3 Å². The number of methoxy groups -OCH3 is 1. The summed E-state index contributed by atoms with van der Waals surface area (Å²) in [5, 5.41) is 57.1. The average molecular weight is 412 g/mol. The molecule has 8 nitrogen and oxygen atoms in total. The summed E-state index contributed by atoms with van der Waals surface area (Å²) in [5.74, 6) is -5.56. The van der Waals surface area contributed by atoms with Gasteiger partial charge in [0.2, 0.25) is 5.79 Å². The second-order valence-corrected chi connectivity index (χ2v) is 10.7. The Hall–Kier alpha value is -0.610. The van der Waals surface area contributed by atoms with Crippen molar-refractivity contribution in [2.24, 2.45) is 39.9 Å². The van der Waals surface area contributed by atoms with Gasteiger partial charge in [-0.25, -0.2) is 0 Å². The van der Waals surface area contributed by atoms with Crippen LogP contribution in [0.15, 0.2) is 0 Å². The number of carbonyl (C=O) groups is 1. The van der Waals surface area contributed by atoms with Crippen molar-refractivity contribution in [1.29, 1.82) is 0 Å². The van der Waals surface area contributed by atoms with Crippen LogP contribution >= 0.6 is 0 Å². The van der Waals surface area contributed by atoms with Crippen molar-refractivity contribution >= 4 is 5.78 Å². The first-order valence-corrected chi connectivity index (χ1v) is 10.6. The smallest absolute Gasteiger partial charge is 0.208 e. The lowest BCUT2D eigenvalue weighted by Crippen LogP contribution is -2.87. The maximum atomic E-state index is 13.8. The number of carbonyl (C=O) groups excluding carboxylic acids is 1. The van der Waals surface area contributed by atoms with E-state index >= 15 is 0 Å². The molecular weight excluding hydrogens is 380 g/mol. The van der Waals surface area contributed by atoms with Gasteiger partial charge in [-0.2, -0.15) is 0 Å². The summed E-state index contributed by atoms with van der Waals surface area (Å²) in [6.07, 6.45) is -3.44. The van der Waals surface area contributed by atoms with Gasteiger partial charge in [-0.3, -0.25) is 4.79 Å². The van der Waals surface area contributed by atoms with Crippen molar-refractivity contribution in [3.8, 4) is 0 Å². The van der Waals surface area contributed by atoms with Crippen molar-refractivity contribution in [1.82, 2.24) is 0 Å². The van der Waals surface area contributed by atoms with E-state index in [4.69, 9.17) is 9.47 Å². The van der Waals surface area contributed by atoms with Gasteiger partial charge in [0.15, 0.2) is 5.78 Å². The lowest BCUT2D eigenvalue weighted by Gasteiger charge is -2.75. The van der Waals surface area contributed by atoms with E-state index in [0.717, 1.165) is 0 Å². The number of aliphatic hydroxyl groups is 5. The van der Waals surface area contributed by atoms with Crippen LogP contribution in [0.5, 0.6) is 0 Å². The third-order valence-electron chi connectivity index (χ3n) is 9.40. The van der Waals surface area contributed by atoms with Gasteiger partial charge in [0.05, 0.1) is 31.5 Å². The molecule has 8 heteroatoms. The number of hydrogen-bond donors (Lipinski definition) is 5. The zero-order valence-electron chi connectivity index (χ0n) is 17.1. The molecule has 29 heavy (non-hydrogen) atoms. The van der Waals surface area contributed by atoms with Crippen molar-refractivity contribution < 1.29 is 39.8 Å². The normalized spacial score (nSPS) is 60.1. The minimum atomic E-state index is -2.32. The largest absolute Gasteiger partial charge is 0.393 e. The maximum absolute atomic E-state index is 13.8. The van der Waals surface area contributed by atoms with E-state index in [0.29, 0.717) is 12.8 Å². The van der Waals surface area contributed by atoms with E-state index in [1.807, 2.05) is 13.8 Å². The van der Waals surface area contributed by atoms with Crippen LogP contribution in [0, 0.1) is 39.9 Å². The predicted molar refractivity (Wildman–Crippen MR) is 98.3 cm³/mol. The quantitative estimate of drug-likeness (QED) is 0.392. The molecule has 4 saturated carbocycles. The van der Waals surface area contributed by atoms with Crippen LogP contribution in [0.25, 0.3) is 0 Å². The average Bonchev–Trinajstić information content (AvgIpc) is 2.78. The van der Waals surface area contributed by atoms with Crippen LogP contribution < -0.4 is 0 Å². The first-order chi connectivity index (χ1) is 13.5. The number of Topliss-reactive ketones (excluding diaryl/α,β-unsaturated/α-hetero) is 1. The summed E-state index contributed by atoms with van der Waals surface area (Å²) in [7, 11) is 1.46. The van der Waals surface area contributed by atoms with Crippen LogP contribution in [0.2, 0.25) is 0 Å². The van der Waals surface area contributed by atoms with E-state index in [9.17, 15) is 30.3 Å². The molecule has 0 aromatic heterocycles. The molecule has 4 aliphatic carbocycles. The van der Waals surface area contributed by atoms with Gasteiger partial charge in [-0.1, -0.05) is 13.8 Å². The van der Waals surface area contributed by atoms with Crippen molar-refractivity contribution in [3.05, 3.63) is 0 Å². The molecule has 6 aliphatic rings. The Kier molecular flexibility index (Phi) is 4.05. The summed E-state index contributed by atoms with van der Waals surface area (Å²) < 4.78 is 11.0. The molecule has 2 saturated heterocycles. The molecule has 0 aromatic carbocycles. The van der Waals surface area contributed by atoms with Gasteiger partial charge in [0, 0.05) is 36.2 Å². The standard InChI is InChI=1S/C21H32O8/c1-18(2)5-4-12(23)19-8-29-21(27,17(26)14(18)19)20-13(19)11(22)6-9(15(20)24)10(7-28-3)16(20)25/h9-15,17,22-24,26-27H,4-8H2,1-3H3/t9-,10+,11-,12-,13-,14+,15+,17-,19-,20+,21+/m0/s1. The summed E-state index contributed by atoms with van der Waals surface area (Å²) in [6.45, 7) is 3.94. The second kappa shape index (κ2) is 5.79. The highest BCUT2D eigenvalue weighted by Crippen LogP contribution is 2.76. The Balaban J connectivity index is 1.79. The van der Waals surface area contributed by atoms with Gasteiger partial charge in [0.25, 0.3) is 0 Å². The summed E-state index contributed by atoms with van der Waals surface area (Å²) in [6, 6.07) is 0. The first-order valence-electron chi connectivity index (χ1n) is 10.6. The summed E-state index contributed by atoms with van der Waals surface area (Å²) in [4.78, 5) is 13.8. The van der Waals surface area contributed by atoms with Gasteiger partial charge in [-0.05, 0) is 24.7 Å². The minimum Gasteiger partial charge on any atom is -0.393 e. The Labute approximate surface area is 169 Å². The number of ketones is 1. The van der Waals surface area contributed by atoms with Gasteiger partial charge in [0.1, 0.15) is 11.5 Å². The zero-order valence-corrected chi connectivity index (χ0v) is 17.1. The van der Waals surface area contributed by atoms with E-state index in [1.54, 1.807) is 0 Å². The fourth-order valence-corrected chi connectivity index (χ4v) is 8.50. The lowest BCUT2D eigenvalue weighted by atomic mass is 9.35. The van der Waals surface area contributed by atoms with Crippen LogP contribution in [0.4, 0.5) is 0 Å². The Morgan fingerprint density at radius 3 is 2.48 bits per heavy atom. The van der Waals surface area contributed by atoms with E-state index in [1.165, 1.54) is 7.11 Å². The Morgan fingerprint density at radius 1 is 1.14 bits per heavy atom. The molecule has 0 aromatic rings. The molecule has 2 heterocycles. The monoisotopic (exact) mass is 412 g/mol. The second-order valence-electron chi connectivity index (χ2n) is 10.7. The third kappa shape index (κ3) is 1.90. The number of fused-ring (bicyclic) bond motifs is 2. The lowest BCUT2D eigenvalue weighted by molar-refractivity contribution is -0.465. The van der Waals surface area contributed by atoms with E-state index in [2.05, 4.69) is 0 Å². The molecule has 0 radical (unpaired) electrons. The number of ether oxygens (including phenoxy) is 2. The highest BCUT2D eigenvalue weighted by Gasteiger charge is 2.88. The SMILES string of the molecule is COC[C@H]1C(=O)[C@]23[C@H](O)[C@H]1C[C@H](O)[C@H]2[C@@]12CO[C@]3(O)[C@@H](O)[C@@H]1C(C)(C)CC[C@@H]2O. The third-order valence-corrected chi connectivity index (χ3v) is 9.40. The van der Waals surface area contributed by atoms with Crippen LogP contribution in [0.1, 0.15) is 33.1 Å². The highest BCUT2D eigenvalue weighted by molar-refractivity contribution is 5.93. The molecule has 4 bridgehead atoms. The molecule has 2 spiro atoms. The molecular formula is C21H32O8. The topological polar surface area (TPSA) is 137 Å². The van der Waals surface area contributed by atoms with Crippen molar-refractivity contribution in [3.63, 3.8) is 0 Å². The summed E-state index contributed by atoms with van der Waals surface area (Å²) in [5.41, 5.74) is -3.47. The fraction of sp³-hybridized carbons (Fsp3) is 0.952. The molecule has 5 N–H and O–H groups in total.